The van der Waals surface area contributed by atoms with Gasteiger partial charge in [0.05, 0.1) is 7.11 Å². The Morgan fingerprint density at radius 1 is 1.43 bits per heavy atom. The lowest BCUT2D eigenvalue weighted by atomic mass is 10.2. The summed E-state index contributed by atoms with van der Waals surface area (Å²) in [6.07, 6.45) is 4.05. The molecule has 14 heavy (non-hydrogen) atoms. The third-order valence-corrected chi connectivity index (χ3v) is 1.82. The number of nitrogens with two attached hydrogens (primary N) is 1. The minimum absolute atomic E-state index is 0.716. The van der Waals surface area contributed by atoms with Gasteiger partial charge in [0.2, 0.25) is 0 Å². The van der Waals surface area contributed by atoms with E-state index in [0.29, 0.717) is 5.69 Å². The summed E-state index contributed by atoms with van der Waals surface area (Å²) in [4.78, 5) is 0. The predicted molar refractivity (Wildman–Crippen MR) is 60.4 cm³/mol. The number of likely N-dealkylation sites (N-methyl/N-ethyl adjacent to an activating group) is 1. The van der Waals surface area contributed by atoms with Gasteiger partial charge in [0, 0.05) is 18.3 Å². The van der Waals surface area contributed by atoms with Gasteiger partial charge in [0.25, 0.3) is 0 Å². The number of anilines is 1. The Morgan fingerprint density at radius 2 is 2.21 bits per heavy atom. The van der Waals surface area contributed by atoms with Crippen molar-refractivity contribution in [3.63, 3.8) is 0 Å². The zero-order valence-corrected chi connectivity index (χ0v) is 8.58. The minimum Gasteiger partial charge on any atom is -0.497 e. The number of benzene rings is 1. The van der Waals surface area contributed by atoms with Gasteiger partial charge in [-0.25, -0.2) is 0 Å². The van der Waals surface area contributed by atoms with E-state index in [9.17, 15) is 0 Å². The van der Waals surface area contributed by atoms with Gasteiger partial charge >= 0.3 is 0 Å². The molecule has 0 radical (unpaired) electrons. The molecular weight excluding hydrogens is 176 g/mol. The number of hydrogen-bond donors (Lipinski definition) is 2. The lowest BCUT2D eigenvalue weighted by Crippen LogP contribution is -2.03. The van der Waals surface area contributed by atoms with E-state index in [4.69, 9.17) is 10.5 Å². The van der Waals surface area contributed by atoms with Gasteiger partial charge in [-0.1, -0.05) is 12.2 Å². The normalized spacial score (nSPS) is 10.7. The Bertz CT molecular complexity index is 321. The largest absolute Gasteiger partial charge is 0.497 e. The number of nitrogen functional groups attached to an aromatic ring is 1. The first kappa shape index (κ1) is 10.6. The maximum absolute atomic E-state index is 5.71. The molecule has 0 spiro atoms. The molecule has 3 N–H and O–H groups in total. The Labute approximate surface area is 84.6 Å². The van der Waals surface area contributed by atoms with Gasteiger partial charge in [-0.2, -0.15) is 0 Å². The molecule has 0 bridgehead atoms. The molecule has 3 heteroatoms. The van der Waals surface area contributed by atoms with Crippen LogP contribution < -0.4 is 15.8 Å². The predicted octanol–water partition coefficient (Wildman–Crippen LogP) is 1.51. The van der Waals surface area contributed by atoms with Crippen LogP contribution in [0.2, 0.25) is 0 Å². The monoisotopic (exact) mass is 192 g/mol. The van der Waals surface area contributed by atoms with Crippen molar-refractivity contribution in [1.82, 2.24) is 5.32 Å². The Hall–Kier alpha value is -1.48. The highest BCUT2D eigenvalue weighted by molar-refractivity contribution is 5.59. The van der Waals surface area contributed by atoms with E-state index >= 15 is 0 Å². The van der Waals surface area contributed by atoms with Crippen molar-refractivity contribution in [2.24, 2.45) is 0 Å². The van der Waals surface area contributed by atoms with Crippen LogP contribution in [-0.4, -0.2) is 20.7 Å². The molecule has 0 heterocycles. The first-order valence-electron chi connectivity index (χ1n) is 4.52. The van der Waals surface area contributed by atoms with Gasteiger partial charge in [-0.3, -0.25) is 0 Å². The third kappa shape index (κ3) is 3.11. The average Bonchev–Trinajstić information content (AvgIpc) is 2.17. The van der Waals surface area contributed by atoms with Crippen molar-refractivity contribution in [1.29, 1.82) is 0 Å². The molecule has 1 aromatic rings. The summed E-state index contributed by atoms with van der Waals surface area (Å²) in [5.74, 6) is 0.786. The number of nitrogens with one attached hydrogen (secondary N) is 1. The van der Waals surface area contributed by atoms with Crippen molar-refractivity contribution in [3.8, 4) is 5.75 Å². The molecule has 0 aliphatic heterocycles. The molecule has 0 amide bonds. The molecule has 0 unspecified atom stereocenters. The zero-order valence-electron chi connectivity index (χ0n) is 8.58. The first-order chi connectivity index (χ1) is 6.76. The second-order valence-corrected chi connectivity index (χ2v) is 3.00. The maximum atomic E-state index is 5.71. The molecule has 0 aliphatic rings. The highest BCUT2D eigenvalue weighted by Gasteiger charge is 1.95. The van der Waals surface area contributed by atoms with Crippen molar-refractivity contribution in [3.05, 3.63) is 29.8 Å². The van der Waals surface area contributed by atoms with Crippen LogP contribution in [0.15, 0.2) is 24.3 Å². The molecule has 0 aliphatic carbocycles. The summed E-state index contributed by atoms with van der Waals surface area (Å²) in [5, 5.41) is 3.03. The Kier molecular flexibility index (Phi) is 4.01. The summed E-state index contributed by atoms with van der Waals surface area (Å²) in [7, 11) is 3.54. The van der Waals surface area contributed by atoms with Crippen LogP contribution in [0.1, 0.15) is 5.56 Å². The molecule has 0 saturated heterocycles. The van der Waals surface area contributed by atoms with Crippen LogP contribution in [0.4, 0.5) is 5.69 Å². The summed E-state index contributed by atoms with van der Waals surface area (Å²) in [6.45, 7) is 0.844. The second kappa shape index (κ2) is 5.29. The van der Waals surface area contributed by atoms with Crippen LogP contribution in [0.5, 0.6) is 5.75 Å². The molecule has 0 atom stereocenters. The van der Waals surface area contributed by atoms with Gasteiger partial charge in [-0.05, 0) is 24.7 Å². The summed E-state index contributed by atoms with van der Waals surface area (Å²) in [6, 6.07) is 5.66. The zero-order chi connectivity index (χ0) is 10.4. The lowest BCUT2D eigenvalue weighted by Gasteiger charge is -2.03. The van der Waals surface area contributed by atoms with E-state index in [1.165, 1.54) is 0 Å². The van der Waals surface area contributed by atoms with Crippen molar-refractivity contribution < 1.29 is 4.74 Å². The van der Waals surface area contributed by atoms with Crippen LogP contribution in [-0.2, 0) is 0 Å². The van der Waals surface area contributed by atoms with E-state index in [2.05, 4.69) is 5.32 Å². The van der Waals surface area contributed by atoms with E-state index in [-0.39, 0.29) is 0 Å². The molecule has 1 rings (SSSR count). The fourth-order valence-corrected chi connectivity index (χ4v) is 1.17. The maximum Gasteiger partial charge on any atom is 0.121 e. The number of hydrogen-bond acceptors (Lipinski definition) is 3. The van der Waals surface area contributed by atoms with E-state index in [1.807, 2.05) is 31.3 Å². The van der Waals surface area contributed by atoms with Crippen molar-refractivity contribution >= 4 is 11.8 Å². The number of ether oxygens (including phenoxy) is 1. The third-order valence-electron chi connectivity index (χ3n) is 1.82. The summed E-state index contributed by atoms with van der Waals surface area (Å²) in [5.41, 5.74) is 7.48. The molecular formula is C11H16N2O. The molecule has 3 nitrogen and oxygen atoms in total. The van der Waals surface area contributed by atoms with Crippen LogP contribution in [0.3, 0.4) is 0 Å². The van der Waals surface area contributed by atoms with Gasteiger partial charge in [-0.15, -0.1) is 0 Å². The molecule has 0 fully saturated rings. The fraction of sp³-hybridized carbons (Fsp3) is 0.273. The number of methoxy groups -OCH3 is 1. The van der Waals surface area contributed by atoms with Crippen molar-refractivity contribution in [2.75, 3.05) is 26.4 Å². The van der Waals surface area contributed by atoms with Crippen LogP contribution in [0.25, 0.3) is 6.08 Å². The fourth-order valence-electron chi connectivity index (χ4n) is 1.17. The second-order valence-electron chi connectivity index (χ2n) is 3.00. The lowest BCUT2D eigenvalue weighted by molar-refractivity contribution is 0.415. The molecule has 76 valence electrons. The SMILES string of the molecule is CNCC=Cc1cc(N)cc(OC)c1. The van der Waals surface area contributed by atoms with Crippen molar-refractivity contribution in [2.45, 2.75) is 0 Å². The average molecular weight is 192 g/mol. The minimum atomic E-state index is 0.716. The van der Waals surface area contributed by atoms with Gasteiger partial charge in [0.1, 0.15) is 5.75 Å². The molecule has 0 aromatic heterocycles. The standard InChI is InChI=1S/C11H16N2O/c1-13-5-3-4-9-6-10(12)8-11(7-9)14-2/h3-4,6-8,13H,5,12H2,1-2H3. The number of rotatable bonds is 4. The van der Waals surface area contributed by atoms with E-state index in [0.717, 1.165) is 17.9 Å². The highest BCUT2D eigenvalue weighted by atomic mass is 16.5. The molecule has 1 aromatic carbocycles. The van der Waals surface area contributed by atoms with Crippen LogP contribution in [0, 0.1) is 0 Å². The quantitative estimate of drug-likeness (QED) is 0.711. The van der Waals surface area contributed by atoms with E-state index in [1.54, 1.807) is 13.2 Å². The first-order valence-corrected chi connectivity index (χ1v) is 4.52. The molecule has 0 saturated carbocycles. The smallest absolute Gasteiger partial charge is 0.121 e. The highest BCUT2D eigenvalue weighted by Crippen LogP contribution is 2.19. The summed E-state index contributed by atoms with van der Waals surface area (Å²) < 4.78 is 5.11. The van der Waals surface area contributed by atoms with Gasteiger partial charge in [0.15, 0.2) is 0 Å². The van der Waals surface area contributed by atoms with Gasteiger partial charge < -0.3 is 15.8 Å². The van der Waals surface area contributed by atoms with Crippen LogP contribution >= 0.6 is 0 Å². The topological polar surface area (TPSA) is 47.3 Å². The Balaban J connectivity index is 2.81. The Morgan fingerprint density at radius 3 is 2.86 bits per heavy atom. The summed E-state index contributed by atoms with van der Waals surface area (Å²) >= 11 is 0. The van der Waals surface area contributed by atoms with E-state index < -0.39 is 0 Å².